The van der Waals surface area contributed by atoms with Crippen LogP contribution in [0.1, 0.15) is 69.7 Å². The first kappa shape index (κ1) is 20.9. The maximum Gasteiger partial charge on any atom is 0.252 e. The zero-order valence-corrected chi connectivity index (χ0v) is 17.0. The minimum atomic E-state index is -3.63. The van der Waals surface area contributed by atoms with Gasteiger partial charge < -0.3 is 5.32 Å². The molecule has 1 N–H and O–H groups in total. The number of carbonyl (C=O) groups is 1. The summed E-state index contributed by atoms with van der Waals surface area (Å²) in [6.07, 6.45) is 5.88. The zero-order chi connectivity index (χ0) is 19.2. The van der Waals surface area contributed by atoms with Crippen LogP contribution >= 0.6 is 0 Å². The summed E-state index contributed by atoms with van der Waals surface area (Å²) in [5, 5.41) is 2.96. The topological polar surface area (TPSA) is 66.5 Å². The van der Waals surface area contributed by atoms with Crippen molar-refractivity contribution in [1.82, 2.24) is 9.62 Å². The number of nitrogens with zero attached hydrogens (tertiary/aromatic N) is 1. The molecule has 1 aromatic rings. The van der Waals surface area contributed by atoms with Crippen LogP contribution < -0.4 is 5.32 Å². The molecule has 0 saturated carbocycles. The molecule has 1 aromatic carbocycles. The van der Waals surface area contributed by atoms with Crippen LogP contribution in [0.4, 0.5) is 0 Å². The highest BCUT2D eigenvalue weighted by molar-refractivity contribution is 7.89. The Hall–Kier alpha value is -1.40. The quantitative estimate of drug-likeness (QED) is 0.746. The molecule has 6 heteroatoms. The smallest absolute Gasteiger partial charge is 0.252 e. The van der Waals surface area contributed by atoms with Crippen molar-refractivity contribution in [1.29, 1.82) is 0 Å². The van der Waals surface area contributed by atoms with Crippen LogP contribution in [0.3, 0.4) is 0 Å². The molecule has 26 heavy (non-hydrogen) atoms. The van der Waals surface area contributed by atoms with Crippen molar-refractivity contribution in [2.45, 2.75) is 70.2 Å². The van der Waals surface area contributed by atoms with E-state index in [1.165, 1.54) is 4.31 Å². The van der Waals surface area contributed by atoms with Gasteiger partial charge in [0.15, 0.2) is 0 Å². The van der Waals surface area contributed by atoms with Gasteiger partial charge in [-0.3, -0.25) is 4.79 Å². The zero-order valence-electron chi connectivity index (χ0n) is 16.2. The predicted molar refractivity (Wildman–Crippen MR) is 105 cm³/mol. The molecule has 2 rings (SSSR count). The van der Waals surface area contributed by atoms with Gasteiger partial charge in [-0.25, -0.2) is 8.42 Å². The standard InChI is InChI=1S/C20H32N2O3S/c1-16(2)10-9-11-17(3)21-20(23)18-12-5-6-13-19(18)26(24,25)22-14-7-4-8-15-22/h5-6,12-13,16-17H,4,7-11,14-15H2,1-3H3,(H,21,23). The van der Waals surface area contributed by atoms with E-state index in [0.717, 1.165) is 38.5 Å². The van der Waals surface area contributed by atoms with E-state index in [9.17, 15) is 13.2 Å². The van der Waals surface area contributed by atoms with Crippen LogP contribution in [0.25, 0.3) is 0 Å². The molecule has 1 aliphatic rings. The lowest BCUT2D eigenvalue weighted by Crippen LogP contribution is -2.38. The number of sulfonamides is 1. The van der Waals surface area contributed by atoms with E-state index in [1.807, 2.05) is 6.92 Å². The van der Waals surface area contributed by atoms with Crippen molar-refractivity contribution >= 4 is 15.9 Å². The third-order valence-corrected chi connectivity index (χ3v) is 6.82. The molecule has 1 unspecified atom stereocenters. The lowest BCUT2D eigenvalue weighted by atomic mass is 10.0. The number of benzene rings is 1. The van der Waals surface area contributed by atoms with Gasteiger partial charge in [0.2, 0.25) is 10.0 Å². The van der Waals surface area contributed by atoms with Crippen molar-refractivity contribution in [2.24, 2.45) is 5.92 Å². The Morgan fingerprint density at radius 3 is 2.38 bits per heavy atom. The molecular weight excluding hydrogens is 348 g/mol. The Morgan fingerprint density at radius 2 is 1.73 bits per heavy atom. The third kappa shape index (κ3) is 5.55. The van der Waals surface area contributed by atoms with Crippen LogP contribution in [0.2, 0.25) is 0 Å². The van der Waals surface area contributed by atoms with Crippen LogP contribution in [-0.2, 0) is 10.0 Å². The Balaban J connectivity index is 2.11. The second-order valence-electron chi connectivity index (χ2n) is 7.66. The van der Waals surface area contributed by atoms with Crippen LogP contribution in [0, 0.1) is 5.92 Å². The molecule has 0 radical (unpaired) electrons. The summed E-state index contributed by atoms with van der Waals surface area (Å²) in [6.45, 7) is 7.41. The third-order valence-electron chi connectivity index (χ3n) is 4.86. The maximum atomic E-state index is 13.0. The number of carbonyl (C=O) groups excluding carboxylic acids is 1. The Morgan fingerprint density at radius 1 is 1.08 bits per heavy atom. The van der Waals surface area contributed by atoms with E-state index in [2.05, 4.69) is 19.2 Å². The minimum absolute atomic E-state index is 0.0204. The highest BCUT2D eigenvalue weighted by Gasteiger charge is 2.29. The van der Waals surface area contributed by atoms with Crippen molar-refractivity contribution in [2.75, 3.05) is 13.1 Å². The van der Waals surface area contributed by atoms with Crippen molar-refractivity contribution < 1.29 is 13.2 Å². The number of nitrogens with one attached hydrogen (secondary N) is 1. The molecule has 1 heterocycles. The van der Waals surface area contributed by atoms with Crippen LogP contribution in [0.5, 0.6) is 0 Å². The summed E-state index contributed by atoms with van der Waals surface area (Å²) < 4.78 is 27.5. The van der Waals surface area contributed by atoms with E-state index in [0.29, 0.717) is 19.0 Å². The van der Waals surface area contributed by atoms with Gasteiger partial charge in [0.1, 0.15) is 0 Å². The van der Waals surface area contributed by atoms with E-state index in [1.54, 1.807) is 24.3 Å². The van der Waals surface area contributed by atoms with E-state index in [-0.39, 0.29) is 22.4 Å². The minimum Gasteiger partial charge on any atom is -0.350 e. The predicted octanol–water partition coefficient (Wildman–Crippen LogP) is 3.81. The average Bonchev–Trinajstić information content (AvgIpc) is 2.62. The molecule has 1 atom stereocenters. The Bertz CT molecular complexity index is 695. The fourth-order valence-corrected chi connectivity index (χ4v) is 5.04. The highest BCUT2D eigenvalue weighted by Crippen LogP contribution is 2.23. The monoisotopic (exact) mass is 380 g/mol. The summed E-state index contributed by atoms with van der Waals surface area (Å²) in [5.74, 6) is 0.339. The van der Waals surface area contributed by atoms with Crippen molar-refractivity contribution in [3.05, 3.63) is 29.8 Å². The lowest BCUT2D eigenvalue weighted by Gasteiger charge is -2.26. The SMILES string of the molecule is CC(C)CCCC(C)NC(=O)c1ccccc1S(=O)(=O)N1CCCCC1. The van der Waals surface area contributed by atoms with Gasteiger partial charge in [-0.2, -0.15) is 4.31 Å². The summed E-state index contributed by atoms with van der Waals surface area (Å²) in [6, 6.07) is 6.56. The van der Waals surface area contributed by atoms with Crippen LogP contribution in [-0.4, -0.2) is 37.8 Å². The fourth-order valence-electron chi connectivity index (χ4n) is 3.33. The van der Waals surface area contributed by atoms with Gasteiger partial charge in [0.25, 0.3) is 5.91 Å². The molecule has 5 nitrogen and oxygen atoms in total. The molecule has 1 aliphatic heterocycles. The van der Waals surface area contributed by atoms with Crippen molar-refractivity contribution in [3.63, 3.8) is 0 Å². The fraction of sp³-hybridized carbons (Fsp3) is 0.650. The first-order valence-electron chi connectivity index (χ1n) is 9.72. The van der Waals surface area contributed by atoms with E-state index >= 15 is 0 Å². The number of rotatable bonds is 8. The van der Waals surface area contributed by atoms with Gasteiger partial charge in [0.05, 0.1) is 10.5 Å². The highest BCUT2D eigenvalue weighted by atomic mass is 32.2. The van der Waals surface area contributed by atoms with Gasteiger partial charge in [-0.1, -0.05) is 45.2 Å². The van der Waals surface area contributed by atoms with E-state index in [4.69, 9.17) is 0 Å². The Kier molecular flexibility index (Phi) is 7.65. The maximum absolute atomic E-state index is 13.0. The summed E-state index contributed by atoms with van der Waals surface area (Å²) >= 11 is 0. The second-order valence-corrected chi connectivity index (χ2v) is 9.57. The number of amides is 1. The number of piperidine rings is 1. The first-order chi connectivity index (χ1) is 12.3. The molecule has 0 aliphatic carbocycles. The van der Waals surface area contributed by atoms with Gasteiger partial charge in [-0.05, 0) is 44.2 Å². The number of hydrogen-bond donors (Lipinski definition) is 1. The lowest BCUT2D eigenvalue weighted by molar-refractivity contribution is 0.0934. The summed E-state index contributed by atoms with van der Waals surface area (Å²) in [7, 11) is -3.63. The average molecular weight is 381 g/mol. The van der Waals surface area contributed by atoms with Crippen LogP contribution in [0.15, 0.2) is 29.2 Å². The summed E-state index contributed by atoms with van der Waals surface area (Å²) in [4.78, 5) is 12.8. The van der Waals surface area contributed by atoms with Crippen molar-refractivity contribution in [3.8, 4) is 0 Å². The second kappa shape index (κ2) is 9.51. The molecular formula is C20H32N2O3S. The largest absolute Gasteiger partial charge is 0.350 e. The number of hydrogen-bond acceptors (Lipinski definition) is 3. The van der Waals surface area contributed by atoms with Gasteiger partial charge >= 0.3 is 0 Å². The molecule has 0 bridgehead atoms. The normalized spacial score (nSPS) is 17.2. The molecule has 0 aromatic heterocycles. The summed E-state index contributed by atoms with van der Waals surface area (Å²) in [5.41, 5.74) is 0.244. The first-order valence-corrected chi connectivity index (χ1v) is 11.2. The molecule has 1 saturated heterocycles. The van der Waals surface area contributed by atoms with E-state index < -0.39 is 10.0 Å². The van der Waals surface area contributed by atoms with Gasteiger partial charge in [0, 0.05) is 19.1 Å². The molecule has 1 amide bonds. The Labute approximate surface area is 158 Å². The molecule has 1 fully saturated rings. The molecule has 146 valence electrons. The molecule has 0 spiro atoms. The van der Waals surface area contributed by atoms with Gasteiger partial charge in [-0.15, -0.1) is 0 Å².